The van der Waals surface area contributed by atoms with E-state index < -0.39 is 0 Å². The van der Waals surface area contributed by atoms with Gasteiger partial charge < -0.3 is 0 Å². The Labute approximate surface area is 100 Å². The summed E-state index contributed by atoms with van der Waals surface area (Å²) in [6.45, 7) is 37.2. The zero-order valence-electron chi connectivity index (χ0n) is 11.4. The smallest absolute Gasteiger partial charge is 0.0302 e. The van der Waals surface area contributed by atoms with Gasteiger partial charge in [0.2, 0.25) is 0 Å². The van der Waals surface area contributed by atoms with E-state index in [9.17, 15) is 0 Å². The van der Waals surface area contributed by atoms with Crippen molar-refractivity contribution >= 4 is 0 Å². The molecular weight excluding hydrogens is 180 g/mol. The molecule has 0 unspecified atom stereocenters. The van der Waals surface area contributed by atoms with Gasteiger partial charge in [-0.3, -0.25) is 6.92 Å². The van der Waals surface area contributed by atoms with Crippen LogP contribution < -0.4 is 0 Å². The minimum absolute atomic E-state index is 0.750. The van der Waals surface area contributed by atoms with E-state index in [1.165, 1.54) is 0 Å². The Morgan fingerprint density at radius 2 is 0.800 bits per heavy atom. The fraction of sp³-hybridized carbons (Fsp3) is 0.333. The van der Waals surface area contributed by atoms with Crippen LogP contribution in [0.15, 0.2) is 52.6 Å². The molecule has 0 heteroatoms. The van der Waals surface area contributed by atoms with E-state index in [2.05, 4.69) is 87.3 Å². The summed E-state index contributed by atoms with van der Waals surface area (Å²) in [4.78, 5) is 0. The molecule has 0 amide bonds. The lowest BCUT2D eigenvalue weighted by molar-refractivity contribution is 0.737. The summed E-state index contributed by atoms with van der Waals surface area (Å²) in [5.41, 5.74) is 0. The maximum Gasteiger partial charge on any atom is 0.0302 e. The van der Waals surface area contributed by atoms with Crippen molar-refractivity contribution in [1.82, 2.24) is 0 Å². The molecule has 0 aromatic rings. The summed E-state index contributed by atoms with van der Waals surface area (Å²) in [5, 5.41) is 0. The van der Waals surface area contributed by atoms with Gasteiger partial charge in [0.05, 0.1) is 0 Å². The highest BCUT2D eigenvalue weighted by Gasteiger charge is 1.68. The molecule has 0 aliphatic heterocycles. The maximum atomic E-state index is 3.38. The Hall–Kier alpha value is -1.17. The fourth-order valence-corrected chi connectivity index (χ4v) is 0. The Balaban J connectivity index is -0.0000000168. The van der Waals surface area contributed by atoms with Gasteiger partial charge in [0.25, 0.3) is 0 Å². The van der Waals surface area contributed by atoms with E-state index in [0.29, 0.717) is 0 Å². The molecule has 0 saturated heterocycles. The monoisotopic (exact) mass is 212 g/mol. The SMILES string of the molecule is C=C.C=C.C=C.C=C.CC(C)C.[CH2+]C[CH2-]. The van der Waals surface area contributed by atoms with Crippen molar-refractivity contribution < 1.29 is 0 Å². The van der Waals surface area contributed by atoms with E-state index in [1.54, 1.807) is 0 Å². The van der Waals surface area contributed by atoms with Gasteiger partial charge >= 0.3 is 0 Å². The lowest BCUT2D eigenvalue weighted by Crippen LogP contribution is -1.66. The Bertz CT molecular complexity index is 35.2. The van der Waals surface area contributed by atoms with Gasteiger partial charge in [0.15, 0.2) is 0 Å². The van der Waals surface area contributed by atoms with Crippen molar-refractivity contribution in [2.24, 2.45) is 5.92 Å². The van der Waals surface area contributed by atoms with Crippen molar-refractivity contribution in [3.05, 3.63) is 66.5 Å². The van der Waals surface area contributed by atoms with Crippen molar-refractivity contribution in [2.75, 3.05) is 0 Å². The molecule has 0 saturated carbocycles. The molecule has 92 valence electrons. The minimum atomic E-state index is 0.750. The Kier molecular flexibility index (Phi) is 555. The van der Waals surface area contributed by atoms with Crippen molar-refractivity contribution in [1.29, 1.82) is 0 Å². The molecule has 0 aromatic carbocycles. The normalized spacial score (nSPS) is 4.60. The summed E-state index contributed by atoms with van der Waals surface area (Å²) in [6, 6.07) is 0. The highest BCUT2D eigenvalue weighted by Crippen LogP contribution is 1.81. The van der Waals surface area contributed by atoms with Gasteiger partial charge in [0.1, 0.15) is 0 Å². The minimum Gasteiger partial charge on any atom is -0.300 e. The van der Waals surface area contributed by atoms with Crippen LogP contribution >= 0.6 is 0 Å². The second-order valence-electron chi connectivity index (χ2n) is 2.09. The zero-order valence-corrected chi connectivity index (χ0v) is 11.4. The first-order chi connectivity index (χ1) is 7.15. The molecule has 0 aromatic heterocycles. The van der Waals surface area contributed by atoms with Gasteiger partial charge in [-0.15, -0.1) is 52.6 Å². The Morgan fingerprint density at radius 1 is 0.800 bits per heavy atom. The lowest BCUT2D eigenvalue weighted by Gasteiger charge is -1.79. The van der Waals surface area contributed by atoms with Crippen LogP contribution in [0.4, 0.5) is 0 Å². The van der Waals surface area contributed by atoms with Crippen molar-refractivity contribution in [2.45, 2.75) is 27.2 Å². The number of rotatable bonds is 0. The summed E-state index contributed by atoms with van der Waals surface area (Å²) in [6.07, 6.45) is 0.750. The van der Waals surface area contributed by atoms with Crippen molar-refractivity contribution in [3.63, 3.8) is 0 Å². The molecular formula is C15H32. The third-order valence-electron chi connectivity index (χ3n) is 0. The van der Waals surface area contributed by atoms with Gasteiger partial charge in [-0.1, -0.05) is 20.8 Å². The van der Waals surface area contributed by atoms with Gasteiger partial charge in [-0.25, -0.2) is 0 Å². The average molecular weight is 212 g/mol. The summed E-state index contributed by atoms with van der Waals surface area (Å²) >= 11 is 0. The van der Waals surface area contributed by atoms with Crippen LogP contribution in [0.5, 0.6) is 0 Å². The highest BCUT2D eigenvalue weighted by molar-refractivity contribution is 4.34. The largest absolute Gasteiger partial charge is 0.300 e. The van der Waals surface area contributed by atoms with Gasteiger partial charge in [0, 0.05) is 6.92 Å². The number of hydrogen-bond donors (Lipinski definition) is 0. The predicted molar refractivity (Wildman–Crippen MR) is 80.9 cm³/mol. The molecule has 0 fully saturated rings. The summed E-state index contributed by atoms with van der Waals surface area (Å²) in [7, 11) is 0. The molecule has 0 nitrogen and oxygen atoms in total. The topological polar surface area (TPSA) is 0 Å². The van der Waals surface area contributed by atoms with E-state index >= 15 is 0 Å². The highest BCUT2D eigenvalue weighted by atomic mass is 13.7. The molecule has 0 aliphatic carbocycles. The zero-order chi connectivity index (χ0) is 14.3. The van der Waals surface area contributed by atoms with E-state index in [-0.39, 0.29) is 0 Å². The lowest BCUT2D eigenvalue weighted by atomic mass is 10.3. The van der Waals surface area contributed by atoms with Gasteiger partial charge in [-0.2, -0.15) is 0 Å². The predicted octanol–water partition coefficient (Wildman–Crippen LogP) is 5.92. The van der Waals surface area contributed by atoms with Crippen LogP contribution in [0.1, 0.15) is 27.2 Å². The molecule has 0 N–H and O–H groups in total. The van der Waals surface area contributed by atoms with Crippen LogP contribution in [0.2, 0.25) is 0 Å². The van der Waals surface area contributed by atoms with E-state index in [0.717, 1.165) is 12.3 Å². The summed E-state index contributed by atoms with van der Waals surface area (Å²) < 4.78 is 0. The van der Waals surface area contributed by atoms with Crippen LogP contribution in [-0.4, -0.2) is 0 Å². The third kappa shape index (κ3) is 1100. The van der Waals surface area contributed by atoms with E-state index in [4.69, 9.17) is 0 Å². The Morgan fingerprint density at radius 3 is 0.800 bits per heavy atom. The van der Waals surface area contributed by atoms with Crippen molar-refractivity contribution in [3.8, 4) is 0 Å². The van der Waals surface area contributed by atoms with Crippen LogP contribution in [0.25, 0.3) is 0 Å². The molecule has 0 aliphatic rings. The quantitative estimate of drug-likeness (QED) is 0.345. The second kappa shape index (κ2) is 224. The number of hydrogen-bond acceptors (Lipinski definition) is 0. The molecule has 0 spiro atoms. The second-order valence-corrected chi connectivity index (χ2v) is 2.09. The molecule has 0 rings (SSSR count). The molecule has 0 radical (unpaired) electrons. The van der Waals surface area contributed by atoms with Crippen LogP contribution in [0, 0.1) is 19.8 Å². The standard InChI is InChI=1S/C4H10.C3H6.4C2H4/c1-4(2)3;1-3-2;4*1-2/h4H,1-3H3;1-3H2;4*1-2H2. The first-order valence-corrected chi connectivity index (χ1v) is 4.73. The summed E-state index contributed by atoms with van der Waals surface area (Å²) in [5.74, 6) is 0.833. The first-order valence-electron chi connectivity index (χ1n) is 4.73. The first kappa shape index (κ1) is 37.1. The average Bonchev–Trinajstić information content (AvgIpc) is 2.29. The fourth-order valence-electron chi connectivity index (χ4n) is 0. The maximum absolute atomic E-state index is 3.38. The molecule has 0 bridgehead atoms. The molecule has 0 heterocycles. The third-order valence-corrected chi connectivity index (χ3v) is 0. The van der Waals surface area contributed by atoms with Crippen LogP contribution in [-0.2, 0) is 0 Å². The van der Waals surface area contributed by atoms with E-state index in [1.807, 2.05) is 0 Å². The molecule has 0 atom stereocenters. The van der Waals surface area contributed by atoms with Crippen LogP contribution in [0.3, 0.4) is 0 Å². The van der Waals surface area contributed by atoms with Gasteiger partial charge in [-0.05, 0) is 12.3 Å². The molecule has 15 heavy (non-hydrogen) atoms.